The summed E-state index contributed by atoms with van der Waals surface area (Å²) >= 11 is 0. The highest BCUT2D eigenvalue weighted by molar-refractivity contribution is 7.85. The lowest BCUT2D eigenvalue weighted by molar-refractivity contribution is 0.683. The van der Waals surface area contributed by atoms with Crippen LogP contribution < -0.4 is 0 Å². The van der Waals surface area contributed by atoms with Crippen molar-refractivity contribution in [2.75, 3.05) is 11.6 Å². The topological polar surface area (TPSA) is 21.4 Å². The lowest BCUT2D eigenvalue weighted by Crippen LogP contribution is -1.96. The molecule has 0 saturated heterocycles. The number of nitrogens with zero attached hydrogens (tertiary/aromatic N) is 1. The fourth-order valence-electron chi connectivity index (χ4n) is 0.364. The molecular formula is C5H9NOS. The Balaban J connectivity index is 3.23. The molecule has 0 rings (SSSR count). The molecule has 0 aromatic heterocycles. The van der Waals surface area contributed by atoms with Gasteiger partial charge in [-0.25, -0.2) is 6.57 Å². The van der Waals surface area contributed by atoms with E-state index in [9.17, 15) is 4.21 Å². The molecule has 0 aromatic rings. The molecule has 0 aromatic carbocycles. The van der Waals surface area contributed by atoms with Crippen molar-refractivity contribution in [3.8, 4) is 0 Å². The van der Waals surface area contributed by atoms with Gasteiger partial charge >= 0.3 is 0 Å². The Hall–Kier alpha value is -0.360. The lowest BCUT2D eigenvalue weighted by atomic mass is 10.6. The fourth-order valence-corrected chi connectivity index (χ4v) is 1.09. The molecule has 0 amide bonds. The van der Waals surface area contributed by atoms with Gasteiger partial charge in [-0.2, -0.15) is 0 Å². The predicted octanol–water partition coefficient (Wildman–Crippen LogP) is 1.02. The Bertz CT molecular complexity index is 116. The van der Waals surface area contributed by atoms with E-state index in [1.807, 2.05) is 6.92 Å². The standard InChI is InChI=1S/C5H9NOS/c1-3-4-8(7)5-6-2/h3-5H2,1H3. The van der Waals surface area contributed by atoms with Crippen LogP contribution in [0.25, 0.3) is 4.85 Å². The Kier molecular flexibility index (Phi) is 4.58. The molecule has 0 aliphatic carbocycles. The van der Waals surface area contributed by atoms with E-state index in [0.29, 0.717) is 5.75 Å². The molecule has 0 saturated carbocycles. The maximum absolute atomic E-state index is 10.5. The van der Waals surface area contributed by atoms with Gasteiger partial charge in [0.2, 0.25) is 0 Å². The summed E-state index contributed by atoms with van der Waals surface area (Å²) in [6, 6.07) is 0. The van der Waals surface area contributed by atoms with Gasteiger partial charge in [0.25, 0.3) is 5.88 Å². The smallest absolute Gasteiger partial charge is 0.287 e. The van der Waals surface area contributed by atoms with Gasteiger partial charge in [0.1, 0.15) is 10.8 Å². The normalized spacial score (nSPS) is 12.5. The minimum atomic E-state index is -0.874. The molecule has 1 unspecified atom stereocenters. The second-order valence-electron chi connectivity index (χ2n) is 1.43. The highest BCUT2D eigenvalue weighted by atomic mass is 32.2. The summed E-state index contributed by atoms with van der Waals surface area (Å²) in [6.07, 6.45) is 0.905. The Morgan fingerprint density at radius 2 is 2.38 bits per heavy atom. The maximum atomic E-state index is 10.5. The van der Waals surface area contributed by atoms with Crippen LogP contribution >= 0.6 is 0 Å². The molecular weight excluding hydrogens is 122 g/mol. The van der Waals surface area contributed by atoms with Crippen molar-refractivity contribution in [2.45, 2.75) is 13.3 Å². The van der Waals surface area contributed by atoms with Crippen molar-refractivity contribution in [3.63, 3.8) is 0 Å². The second-order valence-corrected chi connectivity index (χ2v) is 2.98. The largest absolute Gasteiger partial charge is 0.302 e. The van der Waals surface area contributed by atoms with Crippen molar-refractivity contribution in [2.24, 2.45) is 0 Å². The Labute approximate surface area is 52.2 Å². The van der Waals surface area contributed by atoms with Crippen LogP contribution in [0, 0.1) is 6.57 Å². The lowest BCUT2D eigenvalue weighted by Gasteiger charge is -1.85. The minimum absolute atomic E-state index is 0.174. The van der Waals surface area contributed by atoms with E-state index in [4.69, 9.17) is 6.57 Å². The minimum Gasteiger partial charge on any atom is -0.302 e. The van der Waals surface area contributed by atoms with Crippen LogP contribution in [0.2, 0.25) is 0 Å². The molecule has 2 nitrogen and oxygen atoms in total. The molecule has 0 heterocycles. The molecule has 0 radical (unpaired) electrons. The summed E-state index contributed by atoms with van der Waals surface area (Å²) in [5, 5.41) is 0. The zero-order valence-corrected chi connectivity index (χ0v) is 5.70. The molecule has 0 bridgehead atoms. The van der Waals surface area contributed by atoms with Gasteiger partial charge in [0.05, 0.1) is 0 Å². The highest BCUT2D eigenvalue weighted by Gasteiger charge is 1.96. The first-order chi connectivity index (χ1) is 3.81. The first kappa shape index (κ1) is 7.64. The molecule has 46 valence electrons. The van der Waals surface area contributed by atoms with Crippen molar-refractivity contribution in [1.82, 2.24) is 0 Å². The molecule has 0 fully saturated rings. The highest BCUT2D eigenvalue weighted by Crippen LogP contribution is 1.85. The van der Waals surface area contributed by atoms with Crippen LogP contribution in [-0.2, 0) is 10.8 Å². The monoisotopic (exact) mass is 131 g/mol. The van der Waals surface area contributed by atoms with Crippen molar-refractivity contribution in [1.29, 1.82) is 0 Å². The molecule has 0 aliphatic rings. The van der Waals surface area contributed by atoms with E-state index in [2.05, 4.69) is 4.85 Å². The summed E-state index contributed by atoms with van der Waals surface area (Å²) in [7, 11) is -0.874. The molecule has 0 N–H and O–H groups in total. The summed E-state index contributed by atoms with van der Waals surface area (Å²) in [4.78, 5) is 3.00. The van der Waals surface area contributed by atoms with Crippen LogP contribution in [0.5, 0.6) is 0 Å². The number of rotatable bonds is 3. The number of hydrogen-bond acceptors (Lipinski definition) is 1. The summed E-state index contributed by atoms with van der Waals surface area (Å²) in [5.41, 5.74) is 0. The zero-order chi connectivity index (χ0) is 6.41. The van der Waals surface area contributed by atoms with Gasteiger partial charge in [-0.3, -0.25) is 4.21 Å². The quantitative estimate of drug-likeness (QED) is 0.524. The van der Waals surface area contributed by atoms with Gasteiger partial charge in [0.15, 0.2) is 0 Å². The first-order valence-electron chi connectivity index (χ1n) is 2.49. The molecule has 0 spiro atoms. The summed E-state index contributed by atoms with van der Waals surface area (Å²) < 4.78 is 10.5. The van der Waals surface area contributed by atoms with Crippen LogP contribution in [-0.4, -0.2) is 15.8 Å². The maximum Gasteiger partial charge on any atom is 0.287 e. The molecule has 8 heavy (non-hydrogen) atoms. The van der Waals surface area contributed by atoms with E-state index in [-0.39, 0.29) is 5.88 Å². The van der Waals surface area contributed by atoms with Crippen LogP contribution in [0.15, 0.2) is 0 Å². The van der Waals surface area contributed by atoms with Gasteiger partial charge in [0, 0.05) is 5.75 Å². The third-order valence-corrected chi connectivity index (χ3v) is 1.92. The van der Waals surface area contributed by atoms with Crippen molar-refractivity contribution < 1.29 is 4.21 Å². The Morgan fingerprint density at radius 3 is 2.75 bits per heavy atom. The van der Waals surface area contributed by atoms with Gasteiger partial charge in [-0.1, -0.05) is 6.92 Å². The average Bonchev–Trinajstić information content (AvgIpc) is 1.68. The van der Waals surface area contributed by atoms with Crippen molar-refractivity contribution in [3.05, 3.63) is 11.4 Å². The fraction of sp³-hybridized carbons (Fsp3) is 0.800. The first-order valence-corrected chi connectivity index (χ1v) is 3.98. The third kappa shape index (κ3) is 3.82. The summed E-state index contributed by atoms with van der Waals surface area (Å²) in [5.74, 6) is 0.843. The number of hydrogen-bond donors (Lipinski definition) is 0. The average molecular weight is 131 g/mol. The SMILES string of the molecule is [C-]#[N+]CS(=O)CCC. The molecule has 3 heteroatoms. The van der Waals surface area contributed by atoms with Crippen LogP contribution in [0.4, 0.5) is 0 Å². The van der Waals surface area contributed by atoms with E-state index in [1.54, 1.807) is 0 Å². The molecule has 0 aliphatic heterocycles. The zero-order valence-electron chi connectivity index (χ0n) is 4.89. The van der Waals surface area contributed by atoms with Gasteiger partial charge < -0.3 is 4.85 Å². The van der Waals surface area contributed by atoms with Gasteiger partial charge in [-0.15, -0.1) is 0 Å². The van der Waals surface area contributed by atoms with Gasteiger partial charge in [-0.05, 0) is 6.42 Å². The predicted molar refractivity (Wildman–Crippen MR) is 34.8 cm³/mol. The summed E-state index contributed by atoms with van der Waals surface area (Å²) in [6.45, 7) is 8.30. The van der Waals surface area contributed by atoms with E-state index in [1.165, 1.54) is 0 Å². The van der Waals surface area contributed by atoms with Crippen molar-refractivity contribution >= 4 is 10.8 Å². The van der Waals surface area contributed by atoms with Crippen LogP contribution in [0.3, 0.4) is 0 Å². The molecule has 1 atom stereocenters. The second kappa shape index (κ2) is 4.79. The van der Waals surface area contributed by atoms with E-state index >= 15 is 0 Å². The van der Waals surface area contributed by atoms with E-state index in [0.717, 1.165) is 6.42 Å². The van der Waals surface area contributed by atoms with Crippen LogP contribution in [0.1, 0.15) is 13.3 Å². The Morgan fingerprint density at radius 1 is 1.75 bits per heavy atom. The third-order valence-electron chi connectivity index (χ3n) is 0.640. The van der Waals surface area contributed by atoms with E-state index < -0.39 is 10.8 Å².